The summed E-state index contributed by atoms with van der Waals surface area (Å²) in [4.78, 5) is 23.4. The molecule has 0 saturated heterocycles. The van der Waals surface area contributed by atoms with Crippen LogP contribution in [0.1, 0.15) is 32.8 Å². The fraction of sp³-hybridized carbons (Fsp3) is 0.227. The Bertz CT molecular complexity index is 1330. The highest BCUT2D eigenvalue weighted by Crippen LogP contribution is 2.33. The topological polar surface area (TPSA) is 147 Å². The van der Waals surface area contributed by atoms with Gasteiger partial charge in [-0.1, -0.05) is 6.07 Å². The van der Waals surface area contributed by atoms with Crippen molar-refractivity contribution < 1.29 is 36.8 Å². The zero-order valence-electron chi connectivity index (χ0n) is 18.0. The van der Waals surface area contributed by atoms with E-state index >= 15 is 0 Å². The van der Waals surface area contributed by atoms with Gasteiger partial charge < -0.3 is 18.6 Å². The number of non-ortho nitro benzene ring substituents is 1. The van der Waals surface area contributed by atoms with Gasteiger partial charge in [0, 0.05) is 23.3 Å². The number of nitrogens with one attached hydrogen (secondary N) is 1. The Hall–Kier alpha value is -3.74. The zero-order valence-corrected chi connectivity index (χ0v) is 18.8. The normalized spacial score (nSPS) is 13.1. The van der Waals surface area contributed by atoms with Crippen LogP contribution in [0.5, 0.6) is 5.75 Å². The van der Waals surface area contributed by atoms with Gasteiger partial charge in [0.2, 0.25) is 10.0 Å². The first-order valence-electron chi connectivity index (χ1n) is 10.0. The lowest BCUT2D eigenvalue weighted by molar-refractivity contribution is -0.385. The highest BCUT2D eigenvalue weighted by molar-refractivity contribution is 7.89. The van der Waals surface area contributed by atoms with Gasteiger partial charge in [0.05, 0.1) is 34.8 Å². The highest BCUT2D eigenvalue weighted by Gasteiger charge is 2.23. The van der Waals surface area contributed by atoms with Crippen LogP contribution in [0.2, 0.25) is 0 Å². The van der Waals surface area contributed by atoms with E-state index in [0.29, 0.717) is 28.2 Å². The number of rotatable bonds is 8. The number of sulfonamides is 1. The molecular weight excluding hydrogens is 468 g/mol. The number of hydrogen-bond acceptors (Lipinski definition) is 9. The van der Waals surface area contributed by atoms with Crippen molar-refractivity contribution in [3.63, 3.8) is 0 Å². The smallest absolute Gasteiger partial charge is 0.338 e. The molecule has 4 rings (SSSR count). The summed E-state index contributed by atoms with van der Waals surface area (Å²) in [5, 5.41) is 11.3. The van der Waals surface area contributed by atoms with E-state index in [4.69, 9.17) is 18.6 Å². The second-order valence-corrected chi connectivity index (χ2v) is 9.18. The molecule has 0 spiro atoms. The Morgan fingerprint density at radius 1 is 1.24 bits per heavy atom. The minimum absolute atomic E-state index is 0.0320. The lowest BCUT2D eigenvalue weighted by Crippen LogP contribution is -2.23. The van der Waals surface area contributed by atoms with Crippen LogP contribution in [-0.2, 0) is 39.3 Å². The molecule has 11 nitrogen and oxygen atoms in total. The van der Waals surface area contributed by atoms with Crippen LogP contribution < -0.4 is 9.46 Å². The standard InChI is InChI=1S/C22H20N2O9S/c1-14-4-5-19(34(28,29)23-10-18-3-2-6-31-18)9-20(14)22(25)32-12-16-8-17(24(26)27)7-15-11-30-13-33-21(15)16/h2-9,23H,10-13H2,1H3. The number of carbonyl (C=O) groups is 1. The Labute approximate surface area is 194 Å². The van der Waals surface area contributed by atoms with Crippen molar-refractivity contribution in [2.24, 2.45) is 0 Å². The molecule has 1 aliphatic heterocycles. The van der Waals surface area contributed by atoms with E-state index in [9.17, 15) is 23.3 Å². The summed E-state index contributed by atoms with van der Waals surface area (Å²) in [6, 6.07) is 9.96. The molecule has 0 unspecified atom stereocenters. The Kier molecular flexibility index (Phi) is 6.63. The van der Waals surface area contributed by atoms with Crippen molar-refractivity contribution in [1.29, 1.82) is 0 Å². The van der Waals surface area contributed by atoms with Crippen LogP contribution in [0.3, 0.4) is 0 Å². The van der Waals surface area contributed by atoms with Crippen LogP contribution in [0, 0.1) is 17.0 Å². The van der Waals surface area contributed by atoms with E-state index in [2.05, 4.69) is 4.72 Å². The number of ether oxygens (including phenoxy) is 3. The van der Waals surface area contributed by atoms with Gasteiger partial charge in [-0.05, 0) is 36.8 Å². The largest absolute Gasteiger partial charge is 0.468 e. The summed E-state index contributed by atoms with van der Waals surface area (Å²) in [5.41, 5.74) is 1.14. The van der Waals surface area contributed by atoms with E-state index in [1.807, 2.05) is 0 Å². The molecule has 0 saturated carbocycles. The molecule has 3 aromatic rings. The molecule has 1 aliphatic rings. The number of hydrogen-bond donors (Lipinski definition) is 1. The molecule has 2 heterocycles. The molecule has 0 aliphatic carbocycles. The zero-order chi connectivity index (χ0) is 24.3. The van der Waals surface area contributed by atoms with E-state index in [-0.39, 0.29) is 42.7 Å². The lowest BCUT2D eigenvalue weighted by Gasteiger charge is -2.20. The van der Waals surface area contributed by atoms with Crippen LogP contribution in [-0.4, -0.2) is 26.1 Å². The van der Waals surface area contributed by atoms with E-state index in [1.54, 1.807) is 19.1 Å². The third-order valence-corrected chi connectivity index (χ3v) is 6.50. The monoisotopic (exact) mass is 488 g/mol. The maximum absolute atomic E-state index is 12.8. The second kappa shape index (κ2) is 9.63. The average molecular weight is 488 g/mol. The molecular formula is C22H20N2O9S. The number of fused-ring (bicyclic) bond motifs is 1. The Morgan fingerprint density at radius 2 is 2.06 bits per heavy atom. The number of benzene rings is 2. The highest BCUT2D eigenvalue weighted by atomic mass is 32.2. The quantitative estimate of drug-likeness (QED) is 0.287. The van der Waals surface area contributed by atoms with Gasteiger partial charge in [0.25, 0.3) is 5.69 Å². The molecule has 0 fully saturated rings. The van der Waals surface area contributed by atoms with Gasteiger partial charge in [0.1, 0.15) is 18.1 Å². The number of nitrogens with zero attached hydrogens (tertiary/aromatic N) is 1. The number of nitro groups is 1. The Morgan fingerprint density at radius 3 is 2.79 bits per heavy atom. The molecule has 0 amide bonds. The summed E-state index contributed by atoms with van der Waals surface area (Å²) < 4.78 is 48.8. The number of esters is 1. The van der Waals surface area contributed by atoms with Crippen molar-refractivity contribution in [3.8, 4) is 5.75 Å². The summed E-state index contributed by atoms with van der Waals surface area (Å²) in [5.74, 6) is 0.0101. The molecule has 0 radical (unpaired) electrons. The van der Waals surface area contributed by atoms with Crippen molar-refractivity contribution in [1.82, 2.24) is 4.72 Å². The van der Waals surface area contributed by atoms with Crippen molar-refractivity contribution >= 4 is 21.7 Å². The predicted molar refractivity (Wildman–Crippen MR) is 116 cm³/mol. The van der Waals surface area contributed by atoms with Gasteiger partial charge in [-0.15, -0.1) is 0 Å². The lowest BCUT2D eigenvalue weighted by atomic mass is 10.1. The number of aryl methyl sites for hydroxylation is 1. The van der Waals surface area contributed by atoms with E-state index < -0.39 is 20.9 Å². The molecule has 1 N–H and O–H groups in total. The van der Waals surface area contributed by atoms with Gasteiger partial charge in [0.15, 0.2) is 6.79 Å². The number of furan rings is 1. The van der Waals surface area contributed by atoms with Crippen LogP contribution in [0.4, 0.5) is 5.69 Å². The van der Waals surface area contributed by atoms with Crippen molar-refractivity contribution in [3.05, 3.63) is 86.9 Å². The molecule has 2 aromatic carbocycles. The Balaban J connectivity index is 1.53. The second-order valence-electron chi connectivity index (χ2n) is 7.42. The van der Waals surface area contributed by atoms with Gasteiger partial charge >= 0.3 is 5.97 Å². The SMILES string of the molecule is Cc1ccc(S(=O)(=O)NCc2ccco2)cc1C(=O)OCc1cc([N+](=O)[O-])cc2c1OCOC2. The van der Waals surface area contributed by atoms with E-state index in [1.165, 1.54) is 36.6 Å². The van der Waals surface area contributed by atoms with Crippen molar-refractivity contribution in [2.45, 2.75) is 31.6 Å². The first kappa shape index (κ1) is 23.4. The summed E-state index contributed by atoms with van der Waals surface area (Å²) in [7, 11) is -3.93. The number of carbonyl (C=O) groups excluding carboxylic acids is 1. The average Bonchev–Trinajstić information content (AvgIpc) is 3.35. The van der Waals surface area contributed by atoms with Crippen LogP contribution in [0.15, 0.2) is 58.0 Å². The molecule has 0 bridgehead atoms. The summed E-state index contributed by atoms with van der Waals surface area (Å²) in [6.07, 6.45) is 1.43. The first-order valence-corrected chi connectivity index (χ1v) is 11.5. The fourth-order valence-electron chi connectivity index (χ4n) is 3.37. The van der Waals surface area contributed by atoms with E-state index in [0.717, 1.165) is 0 Å². The molecule has 1 aromatic heterocycles. The molecule has 178 valence electrons. The first-order chi connectivity index (χ1) is 16.2. The predicted octanol–water partition coefficient (Wildman–Crippen LogP) is 3.20. The third kappa shape index (κ3) is 5.09. The minimum Gasteiger partial charge on any atom is -0.468 e. The maximum atomic E-state index is 12.8. The molecule has 34 heavy (non-hydrogen) atoms. The third-order valence-electron chi connectivity index (χ3n) is 5.10. The molecule has 0 atom stereocenters. The van der Waals surface area contributed by atoms with Crippen molar-refractivity contribution in [2.75, 3.05) is 6.79 Å². The summed E-state index contributed by atoms with van der Waals surface area (Å²) in [6.45, 7) is 1.37. The van der Waals surface area contributed by atoms with Gasteiger partial charge in [-0.3, -0.25) is 10.1 Å². The maximum Gasteiger partial charge on any atom is 0.338 e. The fourth-order valence-corrected chi connectivity index (χ4v) is 4.38. The molecule has 12 heteroatoms. The van der Waals surface area contributed by atoms with Gasteiger partial charge in [-0.2, -0.15) is 0 Å². The summed E-state index contributed by atoms with van der Waals surface area (Å²) >= 11 is 0. The van der Waals surface area contributed by atoms with Crippen LogP contribution in [0.25, 0.3) is 0 Å². The number of nitro benzene ring substituents is 1. The van der Waals surface area contributed by atoms with Crippen LogP contribution >= 0.6 is 0 Å². The van der Waals surface area contributed by atoms with Gasteiger partial charge in [-0.25, -0.2) is 17.9 Å². The minimum atomic E-state index is -3.93.